The number of piperazine rings is 1. The van der Waals surface area contributed by atoms with Crippen molar-refractivity contribution in [2.24, 2.45) is 5.41 Å². The standard InChI is InChI=1S/C17H28N2O2S/c1-17(2,3)15(20)13-18-8-10-19(11-9-18)16(21)7-6-14-5-4-12-22-14/h4-5,12,15,20H,6-11,13H2,1-3H3. The van der Waals surface area contributed by atoms with Crippen molar-refractivity contribution in [3.63, 3.8) is 0 Å². The summed E-state index contributed by atoms with van der Waals surface area (Å²) >= 11 is 1.71. The summed E-state index contributed by atoms with van der Waals surface area (Å²) in [5.41, 5.74) is -0.0896. The van der Waals surface area contributed by atoms with Crippen LogP contribution in [0, 0.1) is 5.41 Å². The molecule has 2 rings (SSSR count). The number of amides is 1. The number of hydrogen-bond donors (Lipinski definition) is 1. The molecule has 1 aliphatic rings. The monoisotopic (exact) mass is 324 g/mol. The lowest BCUT2D eigenvalue weighted by molar-refractivity contribution is -0.133. The second kappa shape index (κ2) is 7.57. The maximum absolute atomic E-state index is 12.2. The first kappa shape index (κ1) is 17.4. The van der Waals surface area contributed by atoms with Gasteiger partial charge in [-0.3, -0.25) is 9.69 Å². The number of rotatable bonds is 5. The molecule has 1 aromatic rings. The van der Waals surface area contributed by atoms with E-state index in [1.807, 2.05) is 11.0 Å². The highest BCUT2D eigenvalue weighted by Crippen LogP contribution is 2.20. The fourth-order valence-corrected chi connectivity index (χ4v) is 3.25. The van der Waals surface area contributed by atoms with Gasteiger partial charge in [-0.1, -0.05) is 26.8 Å². The SMILES string of the molecule is CC(C)(C)C(O)CN1CCN(C(=O)CCc2cccs2)CC1. The maximum Gasteiger partial charge on any atom is 0.223 e. The first-order valence-corrected chi connectivity index (χ1v) is 8.95. The first-order chi connectivity index (χ1) is 10.4. The van der Waals surface area contributed by atoms with Gasteiger partial charge in [-0.25, -0.2) is 0 Å². The lowest BCUT2D eigenvalue weighted by Crippen LogP contribution is -2.51. The van der Waals surface area contributed by atoms with E-state index in [9.17, 15) is 9.90 Å². The average molecular weight is 324 g/mol. The number of hydrogen-bond acceptors (Lipinski definition) is 4. The predicted octanol–water partition coefficient (Wildman–Crippen LogP) is 2.23. The second-order valence-electron chi connectivity index (χ2n) is 7.14. The minimum absolute atomic E-state index is 0.0896. The molecular formula is C17H28N2O2S. The number of nitrogens with zero attached hydrogens (tertiary/aromatic N) is 2. The molecule has 4 nitrogen and oxygen atoms in total. The molecule has 5 heteroatoms. The van der Waals surface area contributed by atoms with Crippen LogP contribution >= 0.6 is 11.3 Å². The minimum atomic E-state index is -0.325. The van der Waals surface area contributed by atoms with Crippen molar-refractivity contribution in [1.29, 1.82) is 0 Å². The number of carbonyl (C=O) groups excluding carboxylic acids is 1. The van der Waals surface area contributed by atoms with Crippen LogP contribution in [0.3, 0.4) is 0 Å². The lowest BCUT2D eigenvalue weighted by Gasteiger charge is -2.38. The Morgan fingerprint density at radius 2 is 2.00 bits per heavy atom. The number of carbonyl (C=O) groups is 1. The van der Waals surface area contributed by atoms with E-state index in [0.29, 0.717) is 13.0 Å². The van der Waals surface area contributed by atoms with Crippen LogP contribution in [0.1, 0.15) is 32.1 Å². The van der Waals surface area contributed by atoms with Gasteiger partial charge in [0.05, 0.1) is 6.10 Å². The van der Waals surface area contributed by atoms with Crippen LogP contribution in [-0.4, -0.2) is 59.6 Å². The summed E-state index contributed by atoms with van der Waals surface area (Å²) in [5, 5.41) is 12.2. The van der Waals surface area contributed by atoms with Crippen molar-refractivity contribution < 1.29 is 9.90 Å². The van der Waals surface area contributed by atoms with Crippen LogP contribution in [0.4, 0.5) is 0 Å². The van der Waals surface area contributed by atoms with Crippen molar-refractivity contribution in [2.45, 2.75) is 39.7 Å². The van der Waals surface area contributed by atoms with Crippen LogP contribution < -0.4 is 0 Å². The summed E-state index contributed by atoms with van der Waals surface area (Å²) in [4.78, 5) is 17.8. The summed E-state index contributed by atoms with van der Waals surface area (Å²) in [6.07, 6.45) is 1.12. The lowest BCUT2D eigenvalue weighted by atomic mass is 9.89. The second-order valence-corrected chi connectivity index (χ2v) is 8.17. The van der Waals surface area contributed by atoms with Crippen LogP contribution in [0.5, 0.6) is 0 Å². The van der Waals surface area contributed by atoms with Gasteiger partial charge in [-0.2, -0.15) is 0 Å². The molecule has 0 spiro atoms. The van der Waals surface area contributed by atoms with E-state index in [2.05, 4.69) is 37.1 Å². The zero-order valence-electron chi connectivity index (χ0n) is 13.9. The van der Waals surface area contributed by atoms with E-state index < -0.39 is 0 Å². The summed E-state index contributed by atoms with van der Waals surface area (Å²) in [5.74, 6) is 0.254. The fraction of sp³-hybridized carbons (Fsp3) is 0.706. The molecule has 22 heavy (non-hydrogen) atoms. The number of β-amino-alcohol motifs (C(OH)–C–C–N with tert-alkyl or cyclic N) is 1. The highest BCUT2D eigenvalue weighted by Gasteiger charge is 2.27. The molecule has 0 aromatic carbocycles. The normalized spacial score (nSPS) is 18.5. The zero-order valence-corrected chi connectivity index (χ0v) is 14.7. The van der Waals surface area contributed by atoms with Crippen LogP contribution in [0.25, 0.3) is 0 Å². The Morgan fingerprint density at radius 3 is 2.55 bits per heavy atom. The van der Waals surface area contributed by atoms with Gasteiger partial charge in [0.15, 0.2) is 0 Å². The van der Waals surface area contributed by atoms with E-state index in [1.165, 1.54) is 4.88 Å². The predicted molar refractivity (Wildman–Crippen MR) is 91.1 cm³/mol. The van der Waals surface area contributed by atoms with Crippen LogP contribution in [-0.2, 0) is 11.2 Å². The van der Waals surface area contributed by atoms with Crippen LogP contribution in [0.15, 0.2) is 17.5 Å². The number of aliphatic hydroxyl groups excluding tert-OH is 1. The smallest absolute Gasteiger partial charge is 0.223 e. The quantitative estimate of drug-likeness (QED) is 0.903. The number of aliphatic hydroxyl groups is 1. The average Bonchev–Trinajstić information content (AvgIpc) is 2.98. The highest BCUT2D eigenvalue weighted by molar-refractivity contribution is 7.09. The van der Waals surface area contributed by atoms with Gasteiger partial charge >= 0.3 is 0 Å². The topological polar surface area (TPSA) is 43.8 Å². The molecular weight excluding hydrogens is 296 g/mol. The molecule has 1 aliphatic heterocycles. The van der Waals surface area contributed by atoms with E-state index >= 15 is 0 Å². The summed E-state index contributed by atoms with van der Waals surface area (Å²) in [7, 11) is 0. The zero-order chi connectivity index (χ0) is 16.2. The Bertz CT molecular complexity index is 460. The molecule has 1 N–H and O–H groups in total. The van der Waals surface area contributed by atoms with Crippen LogP contribution in [0.2, 0.25) is 0 Å². The number of aryl methyl sites for hydroxylation is 1. The molecule has 1 atom stereocenters. The highest BCUT2D eigenvalue weighted by atomic mass is 32.1. The molecule has 0 radical (unpaired) electrons. The Kier molecular flexibility index (Phi) is 6.01. The summed E-state index contributed by atoms with van der Waals surface area (Å²) in [6, 6.07) is 4.12. The van der Waals surface area contributed by atoms with Gasteiger partial charge < -0.3 is 10.0 Å². The molecule has 1 saturated heterocycles. The molecule has 2 heterocycles. The van der Waals surface area contributed by atoms with E-state index in [1.54, 1.807) is 11.3 Å². The Hall–Kier alpha value is -0.910. The third-order valence-corrected chi connectivity index (χ3v) is 5.26. The number of thiophene rings is 1. The third-order valence-electron chi connectivity index (χ3n) is 4.32. The van der Waals surface area contributed by atoms with E-state index in [0.717, 1.165) is 32.6 Å². The third kappa shape index (κ3) is 5.07. The van der Waals surface area contributed by atoms with Gasteiger partial charge in [0.2, 0.25) is 5.91 Å². The molecule has 124 valence electrons. The van der Waals surface area contributed by atoms with Gasteiger partial charge in [0, 0.05) is 44.0 Å². The molecule has 1 amide bonds. The minimum Gasteiger partial charge on any atom is -0.391 e. The Morgan fingerprint density at radius 1 is 1.32 bits per heavy atom. The summed E-state index contributed by atoms with van der Waals surface area (Å²) < 4.78 is 0. The van der Waals surface area contributed by atoms with Gasteiger partial charge in [-0.15, -0.1) is 11.3 Å². The fourth-order valence-electron chi connectivity index (χ4n) is 2.54. The van der Waals surface area contributed by atoms with E-state index in [-0.39, 0.29) is 17.4 Å². The molecule has 0 aliphatic carbocycles. The first-order valence-electron chi connectivity index (χ1n) is 8.07. The largest absolute Gasteiger partial charge is 0.391 e. The van der Waals surface area contributed by atoms with Crippen molar-refractivity contribution in [2.75, 3.05) is 32.7 Å². The Balaban J connectivity index is 1.71. The Labute approximate surface area is 137 Å². The van der Waals surface area contributed by atoms with Crippen molar-refractivity contribution >= 4 is 17.2 Å². The van der Waals surface area contributed by atoms with Crippen molar-refractivity contribution in [1.82, 2.24) is 9.80 Å². The maximum atomic E-state index is 12.2. The van der Waals surface area contributed by atoms with Gasteiger partial charge in [-0.05, 0) is 23.3 Å². The molecule has 1 unspecified atom stereocenters. The molecule has 0 bridgehead atoms. The van der Waals surface area contributed by atoms with Crippen molar-refractivity contribution in [3.8, 4) is 0 Å². The van der Waals surface area contributed by atoms with Gasteiger partial charge in [0.1, 0.15) is 0 Å². The molecule has 1 fully saturated rings. The summed E-state index contributed by atoms with van der Waals surface area (Å²) in [6.45, 7) is 10.1. The van der Waals surface area contributed by atoms with Gasteiger partial charge in [0.25, 0.3) is 0 Å². The molecule has 1 aromatic heterocycles. The molecule has 0 saturated carbocycles. The van der Waals surface area contributed by atoms with E-state index in [4.69, 9.17) is 0 Å². The van der Waals surface area contributed by atoms with Crippen molar-refractivity contribution in [3.05, 3.63) is 22.4 Å².